The minimum absolute atomic E-state index is 0.0441. The lowest BCUT2D eigenvalue weighted by Crippen LogP contribution is -2.68. The molecule has 0 unspecified atom stereocenters. The van der Waals surface area contributed by atoms with Gasteiger partial charge in [-0.05, 0) is 26.0 Å². The van der Waals surface area contributed by atoms with Crippen molar-refractivity contribution in [2.75, 3.05) is 24.5 Å². The standard InChI is InChI=1S/C14H19N3/c1-10-4-5-13-12(8-10)11(2)16-14(3)9-15-6-7-17(13)14/h4-5,8,15-16H,2,6-7,9H2,1,3H3/t14-/m1/s1. The topological polar surface area (TPSA) is 27.3 Å². The van der Waals surface area contributed by atoms with E-state index in [4.69, 9.17) is 0 Å². The van der Waals surface area contributed by atoms with Crippen LogP contribution in [-0.2, 0) is 0 Å². The van der Waals surface area contributed by atoms with Gasteiger partial charge in [0, 0.05) is 36.6 Å². The molecule has 0 aromatic heterocycles. The second kappa shape index (κ2) is 3.50. The molecule has 3 rings (SSSR count). The maximum atomic E-state index is 4.17. The number of piperazine rings is 1. The van der Waals surface area contributed by atoms with E-state index in [1.807, 2.05) is 0 Å². The van der Waals surface area contributed by atoms with Crippen molar-refractivity contribution in [3.8, 4) is 0 Å². The van der Waals surface area contributed by atoms with Gasteiger partial charge in [0.05, 0.1) is 0 Å². The Morgan fingerprint density at radius 3 is 3.06 bits per heavy atom. The van der Waals surface area contributed by atoms with Gasteiger partial charge in [-0.25, -0.2) is 0 Å². The molecule has 1 fully saturated rings. The molecule has 0 saturated carbocycles. The highest BCUT2D eigenvalue weighted by molar-refractivity contribution is 5.79. The zero-order chi connectivity index (χ0) is 12.0. The lowest BCUT2D eigenvalue weighted by molar-refractivity contribution is 0.318. The first-order chi connectivity index (χ1) is 8.10. The van der Waals surface area contributed by atoms with Crippen LogP contribution in [0.3, 0.4) is 0 Å². The highest BCUT2D eigenvalue weighted by Crippen LogP contribution is 2.36. The minimum atomic E-state index is -0.0441. The molecule has 3 nitrogen and oxygen atoms in total. The van der Waals surface area contributed by atoms with Gasteiger partial charge in [0.2, 0.25) is 0 Å². The maximum absolute atomic E-state index is 4.17. The van der Waals surface area contributed by atoms with Gasteiger partial charge in [0.15, 0.2) is 0 Å². The number of aryl methyl sites for hydroxylation is 1. The molecule has 90 valence electrons. The fourth-order valence-electron chi connectivity index (χ4n) is 2.88. The summed E-state index contributed by atoms with van der Waals surface area (Å²) < 4.78 is 0. The molecule has 17 heavy (non-hydrogen) atoms. The molecule has 0 bridgehead atoms. The molecule has 0 aliphatic carbocycles. The van der Waals surface area contributed by atoms with Crippen LogP contribution in [0, 0.1) is 6.92 Å². The van der Waals surface area contributed by atoms with E-state index in [9.17, 15) is 0 Å². The summed E-state index contributed by atoms with van der Waals surface area (Å²) in [4.78, 5) is 2.45. The Labute approximate surface area is 103 Å². The van der Waals surface area contributed by atoms with E-state index < -0.39 is 0 Å². The number of hydrogen-bond acceptors (Lipinski definition) is 3. The SMILES string of the molecule is C=C1N[C@@]2(C)CNCCN2c2ccc(C)cc21. The van der Waals surface area contributed by atoms with Crippen molar-refractivity contribution in [3.63, 3.8) is 0 Å². The van der Waals surface area contributed by atoms with Gasteiger partial charge >= 0.3 is 0 Å². The zero-order valence-electron chi connectivity index (χ0n) is 10.5. The molecule has 2 aliphatic heterocycles. The molecule has 1 aromatic carbocycles. The van der Waals surface area contributed by atoms with Crippen LogP contribution in [0.2, 0.25) is 0 Å². The first-order valence-electron chi connectivity index (χ1n) is 6.17. The number of rotatable bonds is 0. The molecule has 0 radical (unpaired) electrons. The number of nitrogens with one attached hydrogen (secondary N) is 2. The highest BCUT2D eigenvalue weighted by atomic mass is 15.4. The fraction of sp³-hybridized carbons (Fsp3) is 0.429. The molecule has 0 spiro atoms. The van der Waals surface area contributed by atoms with Gasteiger partial charge in [-0.3, -0.25) is 0 Å². The number of fused-ring (bicyclic) bond motifs is 3. The van der Waals surface area contributed by atoms with E-state index in [2.05, 4.69) is 54.2 Å². The van der Waals surface area contributed by atoms with E-state index in [1.165, 1.54) is 16.8 Å². The number of anilines is 1. The fourth-order valence-corrected chi connectivity index (χ4v) is 2.88. The predicted molar refractivity (Wildman–Crippen MR) is 72.0 cm³/mol. The predicted octanol–water partition coefficient (Wildman–Crippen LogP) is 1.69. The smallest absolute Gasteiger partial charge is 0.120 e. The van der Waals surface area contributed by atoms with Crippen LogP contribution < -0.4 is 15.5 Å². The normalized spacial score (nSPS) is 27.2. The Morgan fingerprint density at radius 2 is 2.24 bits per heavy atom. The monoisotopic (exact) mass is 229 g/mol. The molecule has 1 atom stereocenters. The van der Waals surface area contributed by atoms with Crippen LogP contribution in [-0.4, -0.2) is 25.3 Å². The van der Waals surface area contributed by atoms with Gasteiger partial charge in [-0.15, -0.1) is 0 Å². The Hall–Kier alpha value is -1.48. The van der Waals surface area contributed by atoms with E-state index in [1.54, 1.807) is 0 Å². The first kappa shape index (κ1) is 10.7. The van der Waals surface area contributed by atoms with Gasteiger partial charge in [-0.2, -0.15) is 0 Å². The lowest BCUT2D eigenvalue weighted by Gasteiger charge is -2.51. The van der Waals surface area contributed by atoms with Crippen molar-refractivity contribution < 1.29 is 0 Å². The minimum Gasteiger partial charge on any atom is -0.362 e. The number of hydrogen-bond donors (Lipinski definition) is 2. The summed E-state index contributed by atoms with van der Waals surface area (Å²) in [5.74, 6) is 0. The van der Waals surface area contributed by atoms with Crippen molar-refractivity contribution >= 4 is 11.4 Å². The van der Waals surface area contributed by atoms with Crippen molar-refractivity contribution in [1.29, 1.82) is 0 Å². The van der Waals surface area contributed by atoms with Crippen LogP contribution in [0.15, 0.2) is 24.8 Å². The van der Waals surface area contributed by atoms with Crippen LogP contribution in [0.4, 0.5) is 5.69 Å². The summed E-state index contributed by atoms with van der Waals surface area (Å²) in [5.41, 5.74) is 4.82. The molecule has 1 saturated heterocycles. The third-order valence-corrected chi connectivity index (χ3v) is 3.77. The third-order valence-electron chi connectivity index (χ3n) is 3.77. The van der Waals surface area contributed by atoms with Crippen LogP contribution in [0.25, 0.3) is 5.70 Å². The lowest BCUT2D eigenvalue weighted by atomic mass is 9.96. The van der Waals surface area contributed by atoms with Crippen molar-refractivity contribution in [2.45, 2.75) is 19.5 Å². The molecular weight excluding hydrogens is 210 g/mol. The quantitative estimate of drug-likeness (QED) is 0.709. The molecule has 2 N–H and O–H groups in total. The van der Waals surface area contributed by atoms with Crippen molar-refractivity contribution in [3.05, 3.63) is 35.9 Å². The van der Waals surface area contributed by atoms with Crippen molar-refractivity contribution in [1.82, 2.24) is 10.6 Å². The summed E-state index contributed by atoms with van der Waals surface area (Å²) in [6.07, 6.45) is 0. The van der Waals surface area contributed by atoms with Crippen LogP contribution >= 0.6 is 0 Å². The van der Waals surface area contributed by atoms with Gasteiger partial charge in [0.1, 0.15) is 5.66 Å². The van der Waals surface area contributed by atoms with Crippen LogP contribution in [0.5, 0.6) is 0 Å². The van der Waals surface area contributed by atoms with E-state index >= 15 is 0 Å². The largest absolute Gasteiger partial charge is 0.362 e. The number of nitrogens with zero attached hydrogens (tertiary/aromatic N) is 1. The van der Waals surface area contributed by atoms with Crippen LogP contribution in [0.1, 0.15) is 18.1 Å². The molecular formula is C14H19N3. The summed E-state index contributed by atoms with van der Waals surface area (Å²) in [5, 5.41) is 6.99. The average molecular weight is 229 g/mol. The second-order valence-corrected chi connectivity index (χ2v) is 5.23. The third kappa shape index (κ3) is 1.53. The Kier molecular flexibility index (Phi) is 2.20. The van der Waals surface area contributed by atoms with Gasteiger partial charge in [-0.1, -0.05) is 18.2 Å². The van der Waals surface area contributed by atoms with E-state index in [-0.39, 0.29) is 5.66 Å². The molecule has 2 heterocycles. The van der Waals surface area contributed by atoms with Crippen molar-refractivity contribution in [2.24, 2.45) is 0 Å². The summed E-state index contributed by atoms with van der Waals surface area (Å²) in [6.45, 7) is 11.5. The molecule has 1 aromatic rings. The Morgan fingerprint density at radius 1 is 1.41 bits per heavy atom. The molecule has 3 heteroatoms. The molecule has 0 amide bonds. The average Bonchev–Trinajstić information content (AvgIpc) is 2.29. The van der Waals surface area contributed by atoms with E-state index in [0.717, 1.165) is 25.3 Å². The Balaban J connectivity index is 2.13. The maximum Gasteiger partial charge on any atom is 0.120 e. The zero-order valence-corrected chi connectivity index (χ0v) is 10.5. The molecule has 2 aliphatic rings. The summed E-state index contributed by atoms with van der Waals surface area (Å²) in [7, 11) is 0. The first-order valence-corrected chi connectivity index (χ1v) is 6.17. The second-order valence-electron chi connectivity index (χ2n) is 5.23. The van der Waals surface area contributed by atoms with E-state index in [0.29, 0.717) is 0 Å². The van der Waals surface area contributed by atoms with Gasteiger partial charge in [0.25, 0.3) is 0 Å². The summed E-state index contributed by atoms with van der Waals surface area (Å²) in [6, 6.07) is 6.62. The summed E-state index contributed by atoms with van der Waals surface area (Å²) >= 11 is 0. The Bertz CT molecular complexity index is 480. The highest BCUT2D eigenvalue weighted by Gasteiger charge is 2.39. The number of benzene rings is 1. The van der Waals surface area contributed by atoms with Gasteiger partial charge < -0.3 is 15.5 Å².